The van der Waals surface area contributed by atoms with Gasteiger partial charge in [0.2, 0.25) is 0 Å². The summed E-state index contributed by atoms with van der Waals surface area (Å²) in [5, 5.41) is 1.89. The Hall–Kier alpha value is -1.75. The molecule has 16 heavy (non-hydrogen) atoms. The average Bonchev–Trinajstić information content (AvgIpc) is 2.67. The summed E-state index contributed by atoms with van der Waals surface area (Å²) in [5.41, 5.74) is 1.10. The van der Waals surface area contributed by atoms with Crippen molar-refractivity contribution in [1.82, 2.24) is 9.97 Å². The lowest BCUT2D eigenvalue weighted by atomic mass is 10.1. The Morgan fingerprint density at radius 3 is 2.81 bits per heavy atom. The fraction of sp³-hybridized carbons (Fsp3) is 0.182. The number of carbonyl (C=O) groups is 1. The van der Waals surface area contributed by atoms with Crippen LogP contribution >= 0.6 is 11.3 Å². The van der Waals surface area contributed by atoms with Crippen LogP contribution in [0.2, 0.25) is 0 Å². The van der Waals surface area contributed by atoms with Gasteiger partial charge in [-0.05, 0) is 25.3 Å². The van der Waals surface area contributed by atoms with Gasteiger partial charge in [-0.25, -0.2) is 4.79 Å². The molecule has 0 saturated heterocycles. The smallest absolute Gasteiger partial charge is 0.309 e. The summed E-state index contributed by atoms with van der Waals surface area (Å²) in [6, 6.07) is 3.71. The van der Waals surface area contributed by atoms with Gasteiger partial charge in [-0.15, -0.1) is 11.3 Å². The molecule has 0 radical (unpaired) electrons. The molecule has 0 saturated carbocycles. The maximum Gasteiger partial charge on any atom is 0.345 e. The van der Waals surface area contributed by atoms with Gasteiger partial charge in [0.05, 0.1) is 16.1 Å². The third kappa shape index (κ3) is 1.81. The molecule has 0 aliphatic heterocycles. The van der Waals surface area contributed by atoms with Gasteiger partial charge >= 0.3 is 5.69 Å². The van der Waals surface area contributed by atoms with Crippen LogP contribution in [-0.4, -0.2) is 15.8 Å². The number of aromatic amines is 1. The molecule has 0 fully saturated rings. The molecular formula is C11H10N2O2S. The summed E-state index contributed by atoms with van der Waals surface area (Å²) in [6.07, 6.45) is 0. The minimum absolute atomic E-state index is 0.0929. The van der Waals surface area contributed by atoms with E-state index in [9.17, 15) is 9.59 Å². The molecule has 1 N–H and O–H groups in total. The largest absolute Gasteiger partial charge is 0.345 e. The van der Waals surface area contributed by atoms with Gasteiger partial charge in [0.25, 0.3) is 0 Å². The van der Waals surface area contributed by atoms with Crippen LogP contribution < -0.4 is 5.69 Å². The van der Waals surface area contributed by atoms with Gasteiger partial charge in [0.15, 0.2) is 5.78 Å². The lowest BCUT2D eigenvalue weighted by Crippen LogP contribution is -2.17. The highest BCUT2D eigenvalue weighted by molar-refractivity contribution is 7.13. The molecule has 0 bridgehead atoms. The topological polar surface area (TPSA) is 62.8 Å². The molecule has 4 nitrogen and oxygen atoms in total. The molecular weight excluding hydrogens is 224 g/mol. The predicted molar refractivity (Wildman–Crippen MR) is 62.9 cm³/mol. The van der Waals surface area contributed by atoms with Crippen molar-refractivity contribution in [2.24, 2.45) is 0 Å². The Morgan fingerprint density at radius 2 is 2.25 bits per heavy atom. The van der Waals surface area contributed by atoms with E-state index in [0.29, 0.717) is 17.0 Å². The number of aryl methyl sites for hydroxylation is 1. The number of hydrogen-bond acceptors (Lipinski definition) is 4. The Balaban J connectivity index is 2.77. The van der Waals surface area contributed by atoms with Crippen LogP contribution in [0.3, 0.4) is 0 Å². The van der Waals surface area contributed by atoms with Crippen molar-refractivity contribution in [3.05, 3.63) is 39.3 Å². The van der Waals surface area contributed by atoms with Crippen molar-refractivity contribution < 1.29 is 4.79 Å². The van der Waals surface area contributed by atoms with E-state index in [0.717, 1.165) is 4.88 Å². The lowest BCUT2D eigenvalue weighted by molar-refractivity contribution is 0.101. The number of ketones is 1. The summed E-state index contributed by atoms with van der Waals surface area (Å²) in [4.78, 5) is 30.1. The molecule has 2 aromatic rings. The summed E-state index contributed by atoms with van der Waals surface area (Å²) in [7, 11) is 0. The van der Waals surface area contributed by atoms with E-state index in [1.807, 2.05) is 17.5 Å². The number of aromatic nitrogens is 2. The van der Waals surface area contributed by atoms with Crippen molar-refractivity contribution in [2.75, 3.05) is 0 Å². The zero-order chi connectivity index (χ0) is 11.7. The standard InChI is InChI=1S/C11H10N2O2S/c1-6-9(7(2)14)10(13-11(15)12-6)8-4-3-5-16-8/h3-5H,1-2H3,(H,12,13,15). The van der Waals surface area contributed by atoms with Crippen LogP contribution in [0.1, 0.15) is 23.0 Å². The molecule has 0 aromatic carbocycles. The molecule has 2 aromatic heterocycles. The summed E-state index contributed by atoms with van der Waals surface area (Å²) in [6.45, 7) is 3.18. The van der Waals surface area contributed by atoms with Crippen molar-refractivity contribution in [3.63, 3.8) is 0 Å². The third-order valence-electron chi connectivity index (χ3n) is 2.23. The summed E-state index contributed by atoms with van der Waals surface area (Å²) >= 11 is 1.46. The number of H-pyrrole nitrogens is 1. The van der Waals surface area contributed by atoms with Crippen molar-refractivity contribution in [2.45, 2.75) is 13.8 Å². The van der Waals surface area contributed by atoms with Crippen LogP contribution in [0.15, 0.2) is 22.3 Å². The average molecular weight is 234 g/mol. The van der Waals surface area contributed by atoms with Gasteiger partial charge in [-0.1, -0.05) is 6.07 Å². The van der Waals surface area contributed by atoms with Crippen LogP contribution in [0.4, 0.5) is 0 Å². The zero-order valence-electron chi connectivity index (χ0n) is 8.90. The van der Waals surface area contributed by atoms with Gasteiger partial charge in [-0.3, -0.25) is 4.79 Å². The quantitative estimate of drug-likeness (QED) is 0.808. The Labute approximate surface area is 96.0 Å². The Morgan fingerprint density at radius 1 is 1.50 bits per heavy atom. The third-order valence-corrected chi connectivity index (χ3v) is 3.10. The number of rotatable bonds is 2. The van der Waals surface area contributed by atoms with E-state index in [1.165, 1.54) is 18.3 Å². The van der Waals surface area contributed by atoms with Crippen LogP contribution in [0, 0.1) is 6.92 Å². The molecule has 0 amide bonds. The highest BCUT2D eigenvalue weighted by Crippen LogP contribution is 2.26. The van der Waals surface area contributed by atoms with Crippen molar-refractivity contribution in [1.29, 1.82) is 0 Å². The van der Waals surface area contributed by atoms with E-state index < -0.39 is 5.69 Å². The minimum Gasteiger partial charge on any atom is -0.309 e. The lowest BCUT2D eigenvalue weighted by Gasteiger charge is -2.06. The van der Waals surface area contributed by atoms with Gasteiger partial charge in [0, 0.05) is 5.69 Å². The SMILES string of the molecule is CC(=O)c1c(-c2cccs2)nc(=O)[nH]c1C. The van der Waals surface area contributed by atoms with E-state index in [2.05, 4.69) is 9.97 Å². The van der Waals surface area contributed by atoms with Gasteiger partial charge in [0.1, 0.15) is 0 Å². The second-order valence-electron chi connectivity index (χ2n) is 3.42. The first kappa shape index (κ1) is 10.8. The molecule has 2 rings (SSSR count). The number of hydrogen-bond donors (Lipinski definition) is 1. The molecule has 0 unspecified atom stereocenters. The Bertz CT molecular complexity index is 585. The van der Waals surface area contributed by atoms with E-state index in [1.54, 1.807) is 6.92 Å². The van der Waals surface area contributed by atoms with Gasteiger partial charge in [-0.2, -0.15) is 4.98 Å². The molecule has 5 heteroatoms. The first-order valence-electron chi connectivity index (χ1n) is 4.75. The van der Waals surface area contributed by atoms with E-state index in [4.69, 9.17) is 0 Å². The molecule has 82 valence electrons. The molecule has 0 atom stereocenters. The second-order valence-corrected chi connectivity index (χ2v) is 4.37. The number of nitrogens with zero attached hydrogens (tertiary/aromatic N) is 1. The van der Waals surface area contributed by atoms with Crippen LogP contribution in [-0.2, 0) is 0 Å². The van der Waals surface area contributed by atoms with Gasteiger partial charge < -0.3 is 4.98 Å². The number of thiophene rings is 1. The molecule has 0 spiro atoms. The predicted octanol–water partition coefficient (Wildman–Crippen LogP) is 2.01. The molecule has 0 aliphatic rings. The number of nitrogens with one attached hydrogen (secondary N) is 1. The number of Topliss-reactive ketones (excluding diaryl/α,β-unsaturated/α-hetero) is 1. The Kier molecular flexibility index (Phi) is 2.70. The van der Waals surface area contributed by atoms with E-state index >= 15 is 0 Å². The summed E-state index contributed by atoms with van der Waals surface area (Å²) < 4.78 is 0. The summed E-state index contributed by atoms with van der Waals surface area (Å²) in [5.74, 6) is -0.0929. The second kappa shape index (κ2) is 4.02. The normalized spacial score (nSPS) is 10.4. The van der Waals surface area contributed by atoms with E-state index in [-0.39, 0.29) is 5.78 Å². The zero-order valence-corrected chi connectivity index (χ0v) is 9.72. The van der Waals surface area contributed by atoms with Crippen molar-refractivity contribution in [3.8, 4) is 10.6 Å². The van der Waals surface area contributed by atoms with Crippen molar-refractivity contribution >= 4 is 17.1 Å². The first-order valence-corrected chi connectivity index (χ1v) is 5.63. The fourth-order valence-electron chi connectivity index (χ4n) is 1.61. The molecule has 0 aliphatic carbocycles. The van der Waals surface area contributed by atoms with Crippen LogP contribution in [0.5, 0.6) is 0 Å². The monoisotopic (exact) mass is 234 g/mol. The maximum atomic E-state index is 11.5. The maximum absolute atomic E-state index is 11.5. The first-order chi connectivity index (χ1) is 7.59. The van der Waals surface area contributed by atoms with Crippen LogP contribution in [0.25, 0.3) is 10.6 Å². The number of carbonyl (C=O) groups excluding carboxylic acids is 1. The molecule has 2 heterocycles. The minimum atomic E-state index is -0.425. The highest BCUT2D eigenvalue weighted by atomic mass is 32.1. The highest BCUT2D eigenvalue weighted by Gasteiger charge is 2.15. The fourth-order valence-corrected chi connectivity index (χ4v) is 2.33.